The molecule has 3 rings (SSSR count). The highest BCUT2D eigenvalue weighted by Crippen LogP contribution is 2.25. The maximum atomic E-state index is 5.53. The molecular formula is C22H33IN4OS. The highest BCUT2D eigenvalue weighted by atomic mass is 127. The van der Waals surface area contributed by atoms with Gasteiger partial charge in [-0.25, -0.2) is 0 Å². The molecule has 1 fully saturated rings. The Morgan fingerprint density at radius 1 is 1.14 bits per heavy atom. The van der Waals surface area contributed by atoms with E-state index >= 15 is 0 Å². The molecule has 0 bridgehead atoms. The van der Waals surface area contributed by atoms with E-state index < -0.39 is 0 Å². The molecule has 0 radical (unpaired) electrons. The number of hydrogen-bond donors (Lipinski definition) is 2. The molecular weight excluding hydrogens is 495 g/mol. The van der Waals surface area contributed by atoms with Crippen LogP contribution in [-0.2, 0) is 4.74 Å². The van der Waals surface area contributed by atoms with Crippen LogP contribution in [0.5, 0.6) is 0 Å². The number of aliphatic imine (C=N–C) groups is 1. The van der Waals surface area contributed by atoms with E-state index in [1.165, 1.54) is 16.0 Å². The minimum atomic E-state index is 0. The Balaban J connectivity index is 0.00000300. The van der Waals surface area contributed by atoms with E-state index in [2.05, 4.69) is 76.2 Å². The van der Waals surface area contributed by atoms with Gasteiger partial charge in [0.2, 0.25) is 0 Å². The first kappa shape index (κ1) is 24.1. The average Bonchev–Trinajstić information content (AvgIpc) is 3.26. The fourth-order valence-corrected chi connectivity index (χ4v) is 4.32. The van der Waals surface area contributed by atoms with Gasteiger partial charge in [-0.05, 0) is 29.9 Å². The van der Waals surface area contributed by atoms with Crippen molar-refractivity contribution in [2.24, 2.45) is 4.99 Å². The molecule has 2 heterocycles. The molecule has 1 saturated heterocycles. The summed E-state index contributed by atoms with van der Waals surface area (Å²) in [5.74, 6) is 1.28. The number of rotatable bonds is 7. The maximum absolute atomic E-state index is 5.53. The molecule has 0 aliphatic carbocycles. The van der Waals surface area contributed by atoms with Crippen LogP contribution in [0, 0.1) is 6.92 Å². The number of nitrogens with one attached hydrogen (secondary N) is 2. The minimum absolute atomic E-state index is 0. The van der Waals surface area contributed by atoms with Crippen LogP contribution in [0.3, 0.4) is 0 Å². The molecule has 5 nitrogen and oxygen atoms in total. The molecule has 2 aromatic rings. The lowest BCUT2D eigenvalue weighted by molar-refractivity contribution is 0.0177. The minimum Gasteiger partial charge on any atom is -0.379 e. The van der Waals surface area contributed by atoms with E-state index in [4.69, 9.17) is 4.74 Å². The van der Waals surface area contributed by atoms with Crippen molar-refractivity contribution < 1.29 is 4.74 Å². The van der Waals surface area contributed by atoms with Gasteiger partial charge < -0.3 is 15.4 Å². The number of nitrogens with zero attached hydrogens (tertiary/aromatic N) is 2. The van der Waals surface area contributed by atoms with Crippen LogP contribution in [0.2, 0.25) is 0 Å². The maximum Gasteiger partial charge on any atom is 0.191 e. The molecule has 0 saturated carbocycles. The third-order valence-corrected chi connectivity index (χ3v) is 6.24. The van der Waals surface area contributed by atoms with Gasteiger partial charge >= 0.3 is 0 Å². The van der Waals surface area contributed by atoms with E-state index in [0.29, 0.717) is 12.0 Å². The normalized spacial score (nSPS) is 17.3. The monoisotopic (exact) mass is 528 g/mol. The molecule has 2 unspecified atom stereocenters. The van der Waals surface area contributed by atoms with Crippen LogP contribution in [-0.4, -0.2) is 57.3 Å². The summed E-state index contributed by atoms with van der Waals surface area (Å²) >= 11 is 1.82. The van der Waals surface area contributed by atoms with Crippen molar-refractivity contribution in [1.29, 1.82) is 0 Å². The highest BCUT2D eigenvalue weighted by molar-refractivity contribution is 14.0. The first-order valence-corrected chi connectivity index (χ1v) is 10.9. The van der Waals surface area contributed by atoms with Gasteiger partial charge in [0.05, 0.1) is 19.3 Å². The zero-order valence-electron chi connectivity index (χ0n) is 17.6. The second-order valence-corrected chi connectivity index (χ2v) is 8.30. The predicted octanol–water partition coefficient (Wildman–Crippen LogP) is 4.02. The van der Waals surface area contributed by atoms with E-state index in [0.717, 1.165) is 45.4 Å². The zero-order valence-corrected chi connectivity index (χ0v) is 20.7. The molecule has 1 aliphatic heterocycles. The smallest absolute Gasteiger partial charge is 0.191 e. The lowest BCUT2D eigenvalue weighted by atomic mass is 10.0. The Hall–Kier alpha value is -1.16. The van der Waals surface area contributed by atoms with Crippen molar-refractivity contribution in [3.63, 3.8) is 0 Å². The number of guanidine groups is 1. The van der Waals surface area contributed by atoms with Crippen molar-refractivity contribution in [3.8, 4) is 0 Å². The summed E-state index contributed by atoms with van der Waals surface area (Å²) in [4.78, 5) is 8.31. The van der Waals surface area contributed by atoms with Gasteiger partial charge in [-0.2, -0.15) is 0 Å². The summed E-state index contributed by atoms with van der Waals surface area (Å²) in [7, 11) is 1.83. The fourth-order valence-electron chi connectivity index (χ4n) is 3.46. The van der Waals surface area contributed by atoms with Gasteiger partial charge in [0, 0.05) is 38.1 Å². The van der Waals surface area contributed by atoms with E-state index in [9.17, 15) is 0 Å². The van der Waals surface area contributed by atoms with Crippen LogP contribution in [0.4, 0.5) is 0 Å². The zero-order chi connectivity index (χ0) is 19.8. The second-order valence-electron chi connectivity index (χ2n) is 7.33. The molecule has 29 heavy (non-hydrogen) atoms. The lowest BCUT2D eigenvalue weighted by Gasteiger charge is -2.34. The van der Waals surface area contributed by atoms with Crippen LogP contribution in [0.15, 0.2) is 46.8 Å². The van der Waals surface area contributed by atoms with Gasteiger partial charge in [-0.3, -0.25) is 9.89 Å². The SMILES string of the molecule is CN=C(NCC(C)c1ccc(C)cc1)NCC(c1cccs1)N1CCOCC1.I. The van der Waals surface area contributed by atoms with Crippen LogP contribution >= 0.6 is 35.3 Å². The molecule has 1 aliphatic rings. The fraction of sp³-hybridized carbons (Fsp3) is 0.500. The van der Waals surface area contributed by atoms with Crippen LogP contribution in [0.1, 0.15) is 34.9 Å². The van der Waals surface area contributed by atoms with Gasteiger partial charge in [0.25, 0.3) is 0 Å². The summed E-state index contributed by atoms with van der Waals surface area (Å²) in [6.07, 6.45) is 0. The second kappa shape index (κ2) is 12.5. The lowest BCUT2D eigenvalue weighted by Crippen LogP contribution is -2.46. The van der Waals surface area contributed by atoms with Crippen molar-refractivity contribution in [2.45, 2.75) is 25.8 Å². The molecule has 1 aromatic heterocycles. The molecule has 0 spiro atoms. The van der Waals surface area contributed by atoms with E-state index in [1.807, 2.05) is 18.4 Å². The molecule has 160 valence electrons. The van der Waals surface area contributed by atoms with E-state index in [1.54, 1.807) is 0 Å². The summed E-state index contributed by atoms with van der Waals surface area (Å²) in [5, 5.41) is 9.17. The van der Waals surface area contributed by atoms with Crippen molar-refractivity contribution in [3.05, 3.63) is 57.8 Å². The van der Waals surface area contributed by atoms with Crippen molar-refractivity contribution in [2.75, 3.05) is 46.4 Å². The number of thiophene rings is 1. The van der Waals surface area contributed by atoms with Crippen LogP contribution in [0.25, 0.3) is 0 Å². The number of ether oxygens (including phenoxy) is 1. The largest absolute Gasteiger partial charge is 0.379 e. The molecule has 0 amide bonds. The number of morpholine rings is 1. The summed E-state index contributed by atoms with van der Waals surface area (Å²) in [6, 6.07) is 13.5. The summed E-state index contributed by atoms with van der Waals surface area (Å²) in [5.41, 5.74) is 2.64. The third-order valence-electron chi connectivity index (χ3n) is 5.27. The average molecular weight is 529 g/mol. The Labute approximate surface area is 196 Å². The predicted molar refractivity (Wildman–Crippen MR) is 134 cm³/mol. The standard InChI is InChI=1S/C22H32N4OS.HI/c1-17-6-8-19(9-7-17)18(2)15-24-22(23-3)25-16-20(21-5-4-14-28-21)26-10-12-27-13-11-26;/h4-9,14,18,20H,10-13,15-16H2,1-3H3,(H2,23,24,25);1H. The highest BCUT2D eigenvalue weighted by Gasteiger charge is 2.23. The quantitative estimate of drug-likeness (QED) is 0.324. The Morgan fingerprint density at radius 2 is 1.83 bits per heavy atom. The topological polar surface area (TPSA) is 48.9 Å². The molecule has 1 aromatic carbocycles. The summed E-state index contributed by atoms with van der Waals surface area (Å²) in [6.45, 7) is 9.61. The number of aryl methyl sites for hydroxylation is 1. The van der Waals surface area contributed by atoms with Crippen molar-refractivity contribution in [1.82, 2.24) is 15.5 Å². The van der Waals surface area contributed by atoms with Gasteiger partial charge in [-0.15, -0.1) is 35.3 Å². The number of benzene rings is 1. The van der Waals surface area contributed by atoms with Gasteiger partial charge in [0.15, 0.2) is 5.96 Å². The summed E-state index contributed by atoms with van der Waals surface area (Å²) < 4.78 is 5.53. The molecule has 2 atom stereocenters. The van der Waals surface area contributed by atoms with Gasteiger partial charge in [-0.1, -0.05) is 42.8 Å². The van der Waals surface area contributed by atoms with Crippen molar-refractivity contribution >= 4 is 41.3 Å². The van der Waals surface area contributed by atoms with E-state index in [-0.39, 0.29) is 24.0 Å². The number of halogens is 1. The first-order chi connectivity index (χ1) is 13.7. The Morgan fingerprint density at radius 3 is 2.45 bits per heavy atom. The third kappa shape index (κ3) is 7.24. The Bertz CT molecular complexity index is 730. The molecule has 2 N–H and O–H groups in total. The Kier molecular flexibility index (Phi) is 10.4. The molecule has 7 heteroatoms. The van der Waals surface area contributed by atoms with Gasteiger partial charge in [0.1, 0.15) is 0 Å². The first-order valence-electron chi connectivity index (χ1n) is 10.0. The number of hydrogen-bond acceptors (Lipinski definition) is 4. The van der Waals surface area contributed by atoms with Crippen LogP contribution < -0.4 is 10.6 Å².